The van der Waals surface area contributed by atoms with Crippen LogP contribution in [0.5, 0.6) is 0 Å². The minimum absolute atomic E-state index is 0.170. The Morgan fingerprint density at radius 1 is 1.29 bits per heavy atom. The minimum atomic E-state index is -0.536. The molecule has 0 rings (SSSR count). The summed E-state index contributed by atoms with van der Waals surface area (Å²) >= 11 is 0. The number of nitrogens with one attached hydrogen (secondary N) is 1. The van der Waals surface area contributed by atoms with Gasteiger partial charge >= 0.3 is 12.1 Å². The Hall–Kier alpha value is -1.26. The molecule has 0 radical (unpaired) electrons. The number of hydrogen-bond acceptors (Lipinski definition) is 4. The van der Waals surface area contributed by atoms with Crippen LogP contribution in [-0.2, 0) is 14.3 Å². The third kappa shape index (κ3) is 8.54. The molecule has 0 saturated carbocycles. The third-order valence-corrected chi connectivity index (χ3v) is 2.00. The van der Waals surface area contributed by atoms with Crippen LogP contribution in [-0.4, -0.2) is 30.8 Å². The number of hydrogen-bond donors (Lipinski definition) is 1. The molecule has 1 amide bonds. The first kappa shape index (κ1) is 15.7. The highest BCUT2D eigenvalue weighted by Gasteiger charge is 2.20. The molecule has 1 atom stereocenters. The van der Waals surface area contributed by atoms with Crippen molar-refractivity contribution in [2.45, 2.75) is 58.6 Å². The Kier molecular flexibility index (Phi) is 6.61. The van der Waals surface area contributed by atoms with E-state index >= 15 is 0 Å². The minimum Gasteiger partial charge on any atom is -0.469 e. The number of amides is 1. The zero-order valence-corrected chi connectivity index (χ0v) is 11.3. The number of alkyl carbamates (subject to hydrolysis) is 1. The zero-order valence-electron chi connectivity index (χ0n) is 11.3. The van der Waals surface area contributed by atoms with E-state index in [1.165, 1.54) is 7.11 Å². The molecule has 0 aliphatic carbocycles. The summed E-state index contributed by atoms with van der Waals surface area (Å²) in [7, 11) is 1.33. The van der Waals surface area contributed by atoms with Crippen LogP contribution in [0.4, 0.5) is 4.79 Å². The summed E-state index contributed by atoms with van der Waals surface area (Å²) in [6, 6.07) is -0.234. The van der Waals surface area contributed by atoms with E-state index in [2.05, 4.69) is 10.1 Å². The lowest BCUT2D eigenvalue weighted by Gasteiger charge is -2.23. The van der Waals surface area contributed by atoms with Crippen molar-refractivity contribution < 1.29 is 19.1 Å². The van der Waals surface area contributed by atoms with E-state index in [9.17, 15) is 9.59 Å². The van der Waals surface area contributed by atoms with Crippen molar-refractivity contribution in [2.75, 3.05) is 7.11 Å². The molecule has 0 aromatic rings. The lowest BCUT2D eigenvalue weighted by atomic mass is 10.1. The fraction of sp³-hybridized carbons (Fsp3) is 0.833. The zero-order chi connectivity index (χ0) is 13.5. The molecule has 0 aromatic carbocycles. The number of carbonyl (C=O) groups excluding carboxylic acids is 2. The van der Waals surface area contributed by atoms with Crippen molar-refractivity contribution in [1.82, 2.24) is 5.32 Å². The molecule has 100 valence electrons. The molecule has 5 heteroatoms. The fourth-order valence-corrected chi connectivity index (χ4v) is 1.33. The predicted molar refractivity (Wildman–Crippen MR) is 64.7 cm³/mol. The van der Waals surface area contributed by atoms with Crippen molar-refractivity contribution in [1.29, 1.82) is 0 Å². The molecule has 0 aliphatic rings. The molecule has 0 fully saturated rings. The first-order chi connectivity index (χ1) is 7.78. The fourth-order valence-electron chi connectivity index (χ4n) is 1.33. The SMILES string of the molecule is CCC[C@H](CC(=O)OC)NC(=O)OC(C)(C)C. The van der Waals surface area contributed by atoms with Crippen LogP contribution in [0.3, 0.4) is 0 Å². The van der Waals surface area contributed by atoms with Gasteiger partial charge in [-0.2, -0.15) is 0 Å². The normalized spacial score (nSPS) is 12.8. The van der Waals surface area contributed by atoms with Crippen LogP contribution >= 0.6 is 0 Å². The van der Waals surface area contributed by atoms with Gasteiger partial charge < -0.3 is 14.8 Å². The molecular formula is C12H23NO4. The summed E-state index contributed by atoms with van der Waals surface area (Å²) in [5.74, 6) is -0.334. The van der Waals surface area contributed by atoms with Crippen LogP contribution in [0.25, 0.3) is 0 Å². The van der Waals surface area contributed by atoms with Gasteiger partial charge in [0, 0.05) is 6.04 Å². The van der Waals surface area contributed by atoms with E-state index in [0.717, 1.165) is 6.42 Å². The van der Waals surface area contributed by atoms with E-state index in [1.807, 2.05) is 6.92 Å². The molecule has 0 saturated heterocycles. The highest BCUT2D eigenvalue weighted by atomic mass is 16.6. The Morgan fingerprint density at radius 3 is 2.29 bits per heavy atom. The number of carbonyl (C=O) groups is 2. The second-order valence-corrected chi connectivity index (χ2v) is 4.91. The van der Waals surface area contributed by atoms with Crippen molar-refractivity contribution in [3.63, 3.8) is 0 Å². The second kappa shape index (κ2) is 7.14. The van der Waals surface area contributed by atoms with Crippen LogP contribution in [0, 0.1) is 0 Å². The molecule has 0 aromatic heterocycles. The molecule has 17 heavy (non-hydrogen) atoms. The average molecular weight is 245 g/mol. The summed E-state index contributed by atoms with van der Waals surface area (Å²) in [4.78, 5) is 22.7. The molecule has 0 unspecified atom stereocenters. The van der Waals surface area contributed by atoms with E-state index in [-0.39, 0.29) is 18.4 Å². The van der Waals surface area contributed by atoms with Crippen molar-refractivity contribution in [3.8, 4) is 0 Å². The smallest absolute Gasteiger partial charge is 0.407 e. The Labute approximate surface area is 103 Å². The molecule has 0 aliphatic heterocycles. The molecule has 0 bridgehead atoms. The van der Waals surface area contributed by atoms with Crippen LogP contribution in [0.1, 0.15) is 47.0 Å². The average Bonchev–Trinajstić information content (AvgIpc) is 2.14. The Bertz CT molecular complexity index is 258. The second-order valence-electron chi connectivity index (χ2n) is 4.91. The van der Waals surface area contributed by atoms with Gasteiger partial charge in [0.2, 0.25) is 0 Å². The van der Waals surface area contributed by atoms with Gasteiger partial charge in [-0.1, -0.05) is 13.3 Å². The first-order valence-corrected chi connectivity index (χ1v) is 5.84. The molecule has 1 N–H and O–H groups in total. The quantitative estimate of drug-likeness (QED) is 0.754. The lowest BCUT2D eigenvalue weighted by Crippen LogP contribution is -2.40. The highest BCUT2D eigenvalue weighted by Crippen LogP contribution is 2.09. The van der Waals surface area contributed by atoms with Gasteiger partial charge in [0.1, 0.15) is 5.60 Å². The van der Waals surface area contributed by atoms with Gasteiger partial charge in [-0.05, 0) is 27.2 Å². The Balaban J connectivity index is 4.24. The summed E-state index contributed by atoms with van der Waals surface area (Å²) in [6.45, 7) is 7.37. The van der Waals surface area contributed by atoms with Crippen LogP contribution in [0.2, 0.25) is 0 Å². The monoisotopic (exact) mass is 245 g/mol. The first-order valence-electron chi connectivity index (χ1n) is 5.84. The van der Waals surface area contributed by atoms with Crippen LogP contribution in [0.15, 0.2) is 0 Å². The Morgan fingerprint density at radius 2 is 1.88 bits per heavy atom. The summed E-state index contributed by atoms with van der Waals surface area (Å²) in [5, 5.41) is 2.68. The molecule has 0 spiro atoms. The third-order valence-electron chi connectivity index (χ3n) is 2.00. The van der Waals surface area contributed by atoms with Crippen molar-refractivity contribution >= 4 is 12.1 Å². The maximum Gasteiger partial charge on any atom is 0.407 e. The predicted octanol–water partition coefficient (Wildman–Crippen LogP) is 2.24. The van der Waals surface area contributed by atoms with Gasteiger partial charge in [-0.15, -0.1) is 0 Å². The largest absolute Gasteiger partial charge is 0.469 e. The summed E-state index contributed by atoms with van der Waals surface area (Å²) in [6.07, 6.45) is 1.26. The van der Waals surface area contributed by atoms with Gasteiger partial charge in [-0.3, -0.25) is 4.79 Å². The van der Waals surface area contributed by atoms with E-state index < -0.39 is 11.7 Å². The number of esters is 1. The maximum atomic E-state index is 11.5. The lowest BCUT2D eigenvalue weighted by molar-refractivity contribution is -0.141. The van der Waals surface area contributed by atoms with Gasteiger partial charge in [0.05, 0.1) is 13.5 Å². The molecule has 0 heterocycles. The number of ether oxygens (including phenoxy) is 2. The van der Waals surface area contributed by atoms with E-state index in [4.69, 9.17) is 4.74 Å². The van der Waals surface area contributed by atoms with Crippen molar-refractivity contribution in [2.24, 2.45) is 0 Å². The van der Waals surface area contributed by atoms with Gasteiger partial charge in [-0.25, -0.2) is 4.79 Å². The highest BCUT2D eigenvalue weighted by molar-refractivity contribution is 5.72. The van der Waals surface area contributed by atoms with Crippen molar-refractivity contribution in [3.05, 3.63) is 0 Å². The van der Waals surface area contributed by atoms with E-state index in [1.54, 1.807) is 20.8 Å². The van der Waals surface area contributed by atoms with E-state index in [0.29, 0.717) is 6.42 Å². The van der Waals surface area contributed by atoms with Gasteiger partial charge in [0.25, 0.3) is 0 Å². The topological polar surface area (TPSA) is 64.6 Å². The van der Waals surface area contributed by atoms with Crippen LogP contribution < -0.4 is 5.32 Å². The number of methoxy groups -OCH3 is 1. The van der Waals surface area contributed by atoms with Gasteiger partial charge in [0.15, 0.2) is 0 Å². The maximum absolute atomic E-state index is 11.5. The summed E-state index contributed by atoms with van der Waals surface area (Å²) < 4.78 is 9.71. The standard InChI is InChI=1S/C12H23NO4/c1-6-7-9(8-10(14)16-5)13-11(15)17-12(2,3)4/h9H,6-8H2,1-5H3,(H,13,15)/t9-/m1/s1. The molecular weight excluding hydrogens is 222 g/mol. The molecule has 5 nitrogen and oxygen atoms in total. The number of rotatable bonds is 5. The summed E-state index contributed by atoms with van der Waals surface area (Å²) in [5.41, 5.74) is -0.536.